The lowest BCUT2D eigenvalue weighted by atomic mass is 10.3. The highest BCUT2D eigenvalue weighted by molar-refractivity contribution is 5.43. The second kappa shape index (κ2) is 3.49. The van der Waals surface area contributed by atoms with E-state index in [1.807, 2.05) is 25.3 Å². The summed E-state index contributed by atoms with van der Waals surface area (Å²) in [5, 5.41) is 4.36. The fourth-order valence-electron chi connectivity index (χ4n) is 1.33. The number of hydrogen-bond acceptors (Lipinski definition) is 3. The summed E-state index contributed by atoms with van der Waals surface area (Å²) >= 11 is 0. The van der Waals surface area contributed by atoms with Gasteiger partial charge in [-0.1, -0.05) is 6.92 Å². The van der Waals surface area contributed by atoms with Crippen LogP contribution in [0.1, 0.15) is 12.6 Å². The van der Waals surface area contributed by atoms with Crippen LogP contribution in [-0.2, 0) is 6.42 Å². The van der Waals surface area contributed by atoms with E-state index in [9.17, 15) is 0 Å². The molecule has 0 fully saturated rings. The van der Waals surface area contributed by atoms with Crippen molar-refractivity contribution in [2.24, 2.45) is 0 Å². The number of nitrogens with two attached hydrogens (primary N) is 1. The summed E-state index contributed by atoms with van der Waals surface area (Å²) in [6.45, 7) is 2.04. The molecule has 0 spiro atoms. The molecule has 2 aromatic rings. The number of anilines is 1. The van der Waals surface area contributed by atoms with E-state index in [-0.39, 0.29) is 0 Å². The van der Waals surface area contributed by atoms with Crippen LogP contribution in [0.4, 0.5) is 5.69 Å². The first-order valence-electron chi connectivity index (χ1n) is 4.55. The molecule has 2 rings (SSSR count). The molecule has 0 aliphatic carbocycles. The summed E-state index contributed by atoms with van der Waals surface area (Å²) in [5.41, 5.74) is 8.44. The number of nitrogens with zero attached hydrogens (tertiary/aromatic N) is 3. The minimum Gasteiger partial charge on any atom is -0.396 e. The zero-order valence-electron chi connectivity index (χ0n) is 8.01. The lowest BCUT2D eigenvalue weighted by molar-refractivity contribution is 0.839. The zero-order chi connectivity index (χ0) is 9.97. The largest absolute Gasteiger partial charge is 0.396 e. The number of aryl methyl sites for hydroxylation is 1. The summed E-state index contributed by atoms with van der Waals surface area (Å²) in [7, 11) is 0. The molecule has 2 heterocycles. The molecule has 4 heteroatoms. The predicted molar refractivity (Wildman–Crippen MR) is 55.1 cm³/mol. The fourth-order valence-corrected chi connectivity index (χ4v) is 1.33. The molecule has 0 bridgehead atoms. The minimum absolute atomic E-state index is 0.740. The highest BCUT2D eigenvalue weighted by Gasteiger charge is 2.04. The van der Waals surface area contributed by atoms with Gasteiger partial charge in [-0.05, 0) is 18.6 Å². The van der Waals surface area contributed by atoms with E-state index in [1.165, 1.54) is 0 Å². The molecule has 0 radical (unpaired) electrons. The average Bonchev–Trinajstić information content (AvgIpc) is 2.61. The summed E-state index contributed by atoms with van der Waals surface area (Å²) in [6.07, 6.45) is 6.15. The van der Waals surface area contributed by atoms with Gasteiger partial charge in [0, 0.05) is 12.4 Å². The molecule has 2 aromatic heterocycles. The van der Waals surface area contributed by atoms with Gasteiger partial charge in [-0.3, -0.25) is 4.98 Å². The number of aromatic nitrogens is 3. The van der Waals surface area contributed by atoms with Gasteiger partial charge in [-0.15, -0.1) is 0 Å². The van der Waals surface area contributed by atoms with Gasteiger partial charge in [0.05, 0.1) is 23.3 Å². The quantitative estimate of drug-likeness (QED) is 0.775. The molecule has 0 amide bonds. The summed E-state index contributed by atoms with van der Waals surface area (Å²) < 4.78 is 1.77. The normalized spacial score (nSPS) is 10.4. The van der Waals surface area contributed by atoms with Crippen LogP contribution < -0.4 is 5.73 Å². The third-order valence-electron chi connectivity index (χ3n) is 2.09. The van der Waals surface area contributed by atoms with Crippen molar-refractivity contribution < 1.29 is 0 Å². The van der Waals surface area contributed by atoms with Crippen LogP contribution in [0.15, 0.2) is 30.7 Å². The molecule has 72 valence electrons. The van der Waals surface area contributed by atoms with Crippen LogP contribution in [0.25, 0.3) is 5.69 Å². The molecular weight excluding hydrogens is 176 g/mol. The van der Waals surface area contributed by atoms with Gasteiger partial charge in [0.25, 0.3) is 0 Å². The molecule has 0 aromatic carbocycles. The lowest BCUT2D eigenvalue weighted by Crippen LogP contribution is -1.95. The van der Waals surface area contributed by atoms with E-state index in [0.717, 1.165) is 23.5 Å². The Balaban J connectivity index is 2.43. The first-order chi connectivity index (χ1) is 6.81. The maximum absolute atomic E-state index is 5.79. The van der Waals surface area contributed by atoms with Gasteiger partial charge in [0.2, 0.25) is 0 Å². The monoisotopic (exact) mass is 188 g/mol. The van der Waals surface area contributed by atoms with Crippen molar-refractivity contribution in [1.29, 1.82) is 0 Å². The molecule has 0 unspecified atom stereocenters. The van der Waals surface area contributed by atoms with Crippen LogP contribution in [0.2, 0.25) is 0 Å². The molecule has 4 nitrogen and oxygen atoms in total. The minimum atomic E-state index is 0.740. The molecular formula is C10H12N4. The van der Waals surface area contributed by atoms with Crippen molar-refractivity contribution in [3.8, 4) is 5.69 Å². The Morgan fingerprint density at radius 3 is 2.64 bits per heavy atom. The van der Waals surface area contributed by atoms with E-state index >= 15 is 0 Å². The van der Waals surface area contributed by atoms with E-state index in [4.69, 9.17) is 5.73 Å². The van der Waals surface area contributed by atoms with Crippen molar-refractivity contribution in [2.75, 3.05) is 5.73 Å². The average molecular weight is 188 g/mol. The zero-order valence-corrected chi connectivity index (χ0v) is 8.01. The van der Waals surface area contributed by atoms with Crippen LogP contribution in [0.3, 0.4) is 0 Å². The smallest absolute Gasteiger partial charge is 0.0855 e. The molecule has 0 saturated heterocycles. The molecule has 0 saturated carbocycles. The maximum Gasteiger partial charge on any atom is 0.0855 e. The number of rotatable bonds is 2. The third-order valence-corrected chi connectivity index (χ3v) is 2.09. The Labute approximate surface area is 82.4 Å². The number of pyridine rings is 1. The van der Waals surface area contributed by atoms with Gasteiger partial charge in [0.1, 0.15) is 0 Å². The molecule has 14 heavy (non-hydrogen) atoms. The van der Waals surface area contributed by atoms with E-state index in [1.54, 1.807) is 17.1 Å². The van der Waals surface area contributed by atoms with Crippen LogP contribution in [-0.4, -0.2) is 14.8 Å². The van der Waals surface area contributed by atoms with Crippen molar-refractivity contribution in [1.82, 2.24) is 14.8 Å². The maximum atomic E-state index is 5.79. The summed E-state index contributed by atoms with van der Waals surface area (Å²) in [6, 6.07) is 3.79. The first kappa shape index (κ1) is 8.74. The number of nitrogen functional groups attached to an aromatic ring is 1. The van der Waals surface area contributed by atoms with Crippen LogP contribution in [0, 0.1) is 0 Å². The van der Waals surface area contributed by atoms with E-state index < -0.39 is 0 Å². The van der Waals surface area contributed by atoms with Crippen molar-refractivity contribution >= 4 is 5.69 Å². The molecule has 2 N–H and O–H groups in total. The standard InChI is InChI=1S/C10H12N4/c1-2-10-9(11)7-14(13-10)8-3-5-12-6-4-8/h3-7H,2,11H2,1H3. The fraction of sp³-hybridized carbons (Fsp3) is 0.200. The Morgan fingerprint density at radius 1 is 1.36 bits per heavy atom. The third kappa shape index (κ3) is 1.46. The summed E-state index contributed by atoms with van der Waals surface area (Å²) in [4.78, 5) is 3.95. The van der Waals surface area contributed by atoms with Gasteiger partial charge >= 0.3 is 0 Å². The predicted octanol–water partition coefficient (Wildman–Crippen LogP) is 1.41. The highest BCUT2D eigenvalue weighted by Crippen LogP contribution is 2.13. The second-order valence-corrected chi connectivity index (χ2v) is 3.03. The second-order valence-electron chi connectivity index (χ2n) is 3.03. The number of hydrogen-bond donors (Lipinski definition) is 1. The Morgan fingerprint density at radius 2 is 2.07 bits per heavy atom. The van der Waals surface area contributed by atoms with Crippen molar-refractivity contribution in [3.05, 3.63) is 36.4 Å². The van der Waals surface area contributed by atoms with Gasteiger partial charge < -0.3 is 5.73 Å². The summed E-state index contributed by atoms with van der Waals surface area (Å²) in [5.74, 6) is 0. The Hall–Kier alpha value is -1.84. The van der Waals surface area contributed by atoms with Crippen LogP contribution >= 0.6 is 0 Å². The first-order valence-corrected chi connectivity index (χ1v) is 4.55. The van der Waals surface area contributed by atoms with Crippen molar-refractivity contribution in [3.63, 3.8) is 0 Å². The molecule has 0 atom stereocenters. The van der Waals surface area contributed by atoms with Gasteiger partial charge in [-0.2, -0.15) is 5.10 Å². The van der Waals surface area contributed by atoms with E-state index in [2.05, 4.69) is 10.1 Å². The Kier molecular flexibility index (Phi) is 2.18. The van der Waals surface area contributed by atoms with Crippen LogP contribution in [0.5, 0.6) is 0 Å². The lowest BCUT2D eigenvalue weighted by Gasteiger charge is -1.98. The Bertz CT molecular complexity index is 419. The topological polar surface area (TPSA) is 56.7 Å². The van der Waals surface area contributed by atoms with E-state index in [0.29, 0.717) is 0 Å². The molecule has 0 aliphatic rings. The van der Waals surface area contributed by atoms with Gasteiger partial charge in [-0.25, -0.2) is 4.68 Å². The highest BCUT2D eigenvalue weighted by atomic mass is 15.3. The molecule has 0 aliphatic heterocycles. The van der Waals surface area contributed by atoms with Gasteiger partial charge in [0.15, 0.2) is 0 Å². The van der Waals surface area contributed by atoms with Crippen molar-refractivity contribution in [2.45, 2.75) is 13.3 Å². The SMILES string of the molecule is CCc1nn(-c2ccncc2)cc1N.